The van der Waals surface area contributed by atoms with Crippen LogP contribution in [0.1, 0.15) is 28.8 Å². The summed E-state index contributed by atoms with van der Waals surface area (Å²) in [5.74, 6) is -1.00. The summed E-state index contributed by atoms with van der Waals surface area (Å²) in [4.78, 5) is 22.3. The molecule has 90 valence electrons. The third-order valence-electron chi connectivity index (χ3n) is 2.65. The van der Waals surface area contributed by atoms with Gasteiger partial charge in [-0.2, -0.15) is 0 Å². The Labute approximate surface area is 98.8 Å². The molecule has 5 heteroatoms. The molecule has 0 bridgehead atoms. The van der Waals surface area contributed by atoms with Crippen molar-refractivity contribution in [3.05, 3.63) is 29.3 Å². The monoisotopic (exact) mass is 234 g/mol. The number of aryl methyl sites for hydroxylation is 1. The lowest BCUT2D eigenvalue weighted by Gasteiger charge is -2.10. The van der Waals surface area contributed by atoms with Crippen LogP contribution in [0.3, 0.4) is 0 Å². The normalized spacial score (nSPS) is 14.2. The molecule has 0 unspecified atom stereocenters. The van der Waals surface area contributed by atoms with Crippen LogP contribution in [0.2, 0.25) is 0 Å². The summed E-state index contributed by atoms with van der Waals surface area (Å²) in [7, 11) is 0. The van der Waals surface area contributed by atoms with Gasteiger partial charge in [0.2, 0.25) is 0 Å². The highest BCUT2D eigenvalue weighted by Gasteiger charge is 2.23. The summed E-state index contributed by atoms with van der Waals surface area (Å²) in [5.41, 5.74) is 1.53. The van der Waals surface area contributed by atoms with E-state index in [1.54, 1.807) is 6.07 Å². The van der Waals surface area contributed by atoms with Gasteiger partial charge < -0.3 is 15.7 Å². The van der Waals surface area contributed by atoms with E-state index in [9.17, 15) is 9.59 Å². The fourth-order valence-electron chi connectivity index (χ4n) is 1.46. The Morgan fingerprint density at radius 2 is 2.06 bits per heavy atom. The average Bonchev–Trinajstić information content (AvgIpc) is 3.04. The number of aromatic carboxylic acids is 1. The molecule has 5 nitrogen and oxygen atoms in total. The van der Waals surface area contributed by atoms with Gasteiger partial charge in [-0.3, -0.25) is 0 Å². The van der Waals surface area contributed by atoms with Gasteiger partial charge in [-0.15, -0.1) is 0 Å². The first kappa shape index (κ1) is 11.4. The molecule has 2 amide bonds. The van der Waals surface area contributed by atoms with Crippen molar-refractivity contribution in [1.29, 1.82) is 0 Å². The van der Waals surface area contributed by atoms with Crippen LogP contribution in [-0.2, 0) is 0 Å². The van der Waals surface area contributed by atoms with Crippen molar-refractivity contribution >= 4 is 17.7 Å². The predicted octanol–water partition coefficient (Wildman–Crippen LogP) is 1.98. The van der Waals surface area contributed by atoms with Crippen molar-refractivity contribution in [2.75, 3.05) is 5.32 Å². The average molecular weight is 234 g/mol. The molecule has 1 aromatic rings. The first-order chi connectivity index (χ1) is 8.06. The molecule has 0 aromatic heterocycles. The Kier molecular flexibility index (Phi) is 2.99. The fourth-order valence-corrected chi connectivity index (χ4v) is 1.46. The van der Waals surface area contributed by atoms with Gasteiger partial charge in [0.25, 0.3) is 0 Å². The van der Waals surface area contributed by atoms with Gasteiger partial charge in [0.05, 0.1) is 5.56 Å². The second kappa shape index (κ2) is 4.45. The lowest BCUT2D eigenvalue weighted by atomic mass is 10.1. The molecule has 1 saturated carbocycles. The smallest absolute Gasteiger partial charge is 0.335 e. The lowest BCUT2D eigenvalue weighted by molar-refractivity contribution is 0.0697. The second-order valence-electron chi connectivity index (χ2n) is 4.21. The number of hydrogen-bond acceptors (Lipinski definition) is 2. The Morgan fingerprint density at radius 1 is 1.35 bits per heavy atom. The molecule has 0 atom stereocenters. The van der Waals surface area contributed by atoms with Gasteiger partial charge in [0.1, 0.15) is 0 Å². The van der Waals surface area contributed by atoms with Crippen LogP contribution in [0, 0.1) is 6.92 Å². The standard InChI is InChI=1S/C12H14N2O3/c1-7-2-3-8(11(15)16)6-10(7)14-12(17)13-9-4-5-9/h2-3,6,9H,4-5H2,1H3,(H,15,16)(H2,13,14,17). The van der Waals surface area contributed by atoms with E-state index < -0.39 is 5.97 Å². The number of hydrogen-bond donors (Lipinski definition) is 3. The number of amides is 2. The highest BCUT2D eigenvalue weighted by molar-refractivity contribution is 5.94. The molecule has 1 aliphatic rings. The number of carbonyl (C=O) groups is 2. The topological polar surface area (TPSA) is 78.4 Å². The third-order valence-corrected chi connectivity index (χ3v) is 2.65. The van der Waals surface area contributed by atoms with E-state index >= 15 is 0 Å². The maximum absolute atomic E-state index is 11.5. The number of benzene rings is 1. The zero-order valence-electron chi connectivity index (χ0n) is 9.49. The first-order valence-electron chi connectivity index (χ1n) is 5.48. The van der Waals surface area contributed by atoms with Crippen LogP contribution in [-0.4, -0.2) is 23.1 Å². The largest absolute Gasteiger partial charge is 0.478 e. The maximum Gasteiger partial charge on any atom is 0.335 e. The van der Waals surface area contributed by atoms with E-state index in [1.807, 2.05) is 6.92 Å². The molecule has 0 radical (unpaired) electrons. The van der Waals surface area contributed by atoms with Gasteiger partial charge in [0, 0.05) is 11.7 Å². The van der Waals surface area contributed by atoms with Crippen LogP contribution in [0.4, 0.5) is 10.5 Å². The molecule has 1 aromatic carbocycles. The third kappa shape index (κ3) is 2.96. The fraction of sp³-hybridized carbons (Fsp3) is 0.333. The minimum atomic E-state index is -1.00. The number of urea groups is 1. The molecular formula is C12H14N2O3. The van der Waals surface area contributed by atoms with Gasteiger partial charge in [-0.05, 0) is 37.5 Å². The Hall–Kier alpha value is -2.04. The molecule has 1 aliphatic carbocycles. The van der Waals surface area contributed by atoms with E-state index in [0.717, 1.165) is 18.4 Å². The molecular weight excluding hydrogens is 220 g/mol. The summed E-state index contributed by atoms with van der Waals surface area (Å²) in [6.07, 6.45) is 2.03. The molecule has 0 heterocycles. The molecule has 0 aliphatic heterocycles. The van der Waals surface area contributed by atoms with Crippen molar-refractivity contribution in [2.45, 2.75) is 25.8 Å². The van der Waals surface area contributed by atoms with E-state index in [-0.39, 0.29) is 17.6 Å². The molecule has 3 N–H and O–H groups in total. The molecule has 2 rings (SSSR count). The van der Waals surface area contributed by atoms with Gasteiger partial charge in [-0.1, -0.05) is 6.07 Å². The minimum Gasteiger partial charge on any atom is -0.478 e. The molecule has 1 fully saturated rings. The van der Waals surface area contributed by atoms with Crippen molar-refractivity contribution in [2.24, 2.45) is 0 Å². The summed E-state index contributed by atoms with van der Waals surface area (Å²) in [5, 5.41) is 14.3. The van der Waals surface area contributed by atoms with E-state index in [0.29, 0.717) is 5.69 Å². The Bertz CT molecular complexity index is 467. The number of nitrogens with one attached hydrogen (secondary N) is 2. The zero-order valence-corrected chi connectivity index (χ0v) is 9.49. The van der Waals surface area contributed by atoms with Crippen LogP contribution in [0.25, 0.3) is 0 Å². The van der Waals surface area contributed by atoms with E-state index in [4.69, 9.17) is 5.11 Å². The quantitative estimate of drug-likeness (QED) is 0.748. The Balaban J connectivity index is 2.09. The molecule has 0 saturated heterocycles. The highest BCUT2D eigenvalue weighted by Crippen LogP contribution is 2.20. The predicted molar refractivity (Wildman–Crippen MR) is 63.3 cm³/mol. The summed E-state index contributed by atoms with van der Waals surface area (Å²) < 4.78 is 0. The van der Waals surface area contributed by atoms with Crippen molar-refractivity contribution in [1.82, 2.24) is 5.32 Å². The number of carboxylic acids is 1. The molecule has 17 heavy (non-hydrogen) atoms. The highest BCUT2D eigenvalue weighted by atomic mass is 16.4. The zero-order chi connectivity index (χ0) is 12.4. The number of carbonyl (C=O) groups excluding carboxylic acids is 1. The number of anilines is 1. The van der Waals surface area contributed by atoms with Gasteiger partial charge >= 0.3 is 12.0 Å². The SMILES string of the molecule is Cc1ccc(C(=O)O)cc1NC(=O)NC1CC1. The van der Waals surface area contributed by atoms with Crippen LogP contribution >= 0.6 is 0 Å². The maximum atomic E-state index is 11.5. The molecule has 0 spiro atoms. The van der Waals surface area contributed by atoms with Crippen molar-refractivity contribution in [3.8, 4) is 0 Å². The van der Waals surface area contributed by atoms with Crippen LogP contribution in [0.15, 0.2) is 18.2 Å². The second-order valence-corrected chi connectivity index (χ2v) is 4.21. The summed E-state index contributed by atoms with van der Waals surface area (Å²) in [6.45, 7) is 1.82. The van der Waals surface area contributed by atoms with Gasteiger partial charge in [0.15, 0.2) is 0 Å². The van der Waals surface area contributed by atoms with Crippen molar-refractivity contribution < 1.29 is 14.7 Å². The minimum absolute atomic E-state index is 0.164. The van der Waals surface area contributed by atoms with Crippen LogP contribution < -0.4 is 10.6 Å². The van der Waals surface area contributed by atoms with Gasteiger partial charge in [-0.25, -0.2) is 9.59 Å². The van der Waals surface area contributed by atoms with E-state index in [1.165, 1.54) is 12.1 Å². The van der Waals surface area contributed by atoms with Crippen molar-refractivity contribution in [3.63, 3.8) is 0 Å². The summed E-state index contributed by atoms with van der Waals surface area (Å²) >= 11 is 0. The summed E-state index contributed by atoms with van der Waals surface area (Å²) in [6, 6.07) is 4.65. The number of rotatable bonds is 3. The lowest BCUT2D eigenvalue weighted by Crippen LogP contribution is -2.30. The van der Waals surface area contributed by atoms with E-state index in [2.05, 4.69) is 10.6 Å². The Morgan fingerprint density at radius 3 is 2.65 bits per heavy atom. The van der Waals surface area contributed by atoms with Crippen LogP contribution in [0.5, 0.6) is 0 Å². The first-order valence-corrected chi connectivity index (χ1v) is 5.48. The number of carboxylic acid groups (broad SMARTS) is 1.